The van der Waals surface area contributed by atoms with Crippen molar-refractivity contribution >= 4 is 5.82 Å². The number of rotatable bonds is 1. The van der Waals surface area contributed by atoms with Gasteiger partial charge in [-0.05, 0) is 24.6 Å². The number of nitrogen functional groups attached to an aromatic ring is 1. The van der Waals surface area contributed by atoms with Crippen molar-refractivity contribution in [2.75, 3.05) is 5.73 Å². The Morgan fingerprint density at radius 1 is 1.11 bits per heavy atom. The lowest BCUT2D eigenvalue weighted by molar-refractivity contribution is -0.138. The van der Waals surface area contributed by atoms with Gasteiger partial charge in [-0.1, -0.05) is 5.16 Å². The second-order valence-electron chi connectivity index (χ2n) is 4.75. The summed E-state index contributed by atoms with van der Waals surface area (Å²) in [6, 6.07) is 7.41. The van der Waals surface area contributed by atoms with E-state index in [1.807, 2.05) is 18.2 Å². The third-order valence-electron chi connectivity index (χ3n) is 3.46. The molecule has 1 aliphatic carbocycles. The van der Waals surface area contributed by atoms with Crippen molar-refractivity contribution in [2.24, 2.45) is 0 Å². The number of hydrogen-bond donors (Lipinski definition) is 1. The van der Waals surface area contributed by atoms with E-state index in [1.165, 1.54) is 0 Å². The maximum Gasteiger partial charge on any atom is 0.251 e. The zero-order valence-corrected chi connectivity index (χ0v) is 9.68. The molecule has 2 aliphatic rings. The molecule has 2 N–H and O–H groups in total. The Kier molecular flexibility index (Phi) is 1.74. The quantitative estimate of drug-likeness (QED) is 0.834. The molecule has 2 heterocycles. The van der Waals surface area contributed by atoms with Crippen molar-refractivity contribution in [1.29, 1.82) is 0 Å². The molecule has 0 saturated heterocycles. The normalized spacial score (nSPS) is 18.9. The fraction of sp³-hybridized carbons (Fsp3) is 0.308. The van der Waals surface area contributed by atoms with Gasteiger partial charge in [-0.25, -0.2) is 0 Å². The van der Waals surface area contributed by atoms with Crippen molar-refractivity contribution in [3.05, 3.63) is 24.3 Å². The van der Waals surface area contributed by atoms with Crippen LogP contribution in [-0.4, -0.2) is 10.9 Å². The van der Waals surface area contributed by atoms with Gasteiger partial charge in [0.2, 0.25) is 0 Å². The van der Waals surface area contributed by atoms with Gasteiger partial charge in [0, 0.05) is 24.5 Å². The average molecular weight is 244 g/mol. The number of nitrogens with zero attached hydrogens (tertiary/aromatic N) is 1. The van der Waals surface area contributed by atoms with E-state index in [-0.39, 0.29) is 0 Å². The molecule has 1 aromatic carbocycles. The Bertz CT molecular complexity index is 616. The van der Waals surface area contributed by atoms with Crippen LogP contribution in [0.15, 0.2) is 28.8 Å². The second kappa shape index (κ2) is 3.19. The Hall–Kier alpha value is -2.17. The molecule has 1 aromatic heterocycles. The molecule has 4 rings (SSSR count). The molecular formula is C13H12N2O3. The second-order valence-corrected chi connectivity index (χ2v) is 4.75. The van der Waals surface area contributed by atoms with Crippen LogP contribution >= 0.6 is 0 Å². The standard InChI is InChI=1S/C13H12N2O3/c14-12-7-10(18-15-12)8-2-3-9-11(6-8)17-13(16-9)4-1-5-13/h2-3,6-7H,1,4-5H2,(H2,14,15). The maximum atomic E-state index is 5.88. The van der Waals surface area contributed by atoms with Gasteiger partial charge in [-0.2, -0.15) is 0 Å². The summed E-state index contributed by atoms with van der Waals surface area (Å²) in [5, 5.41) is 3.67. The highest BCUT2D eigenvalue weighted by atomic mass is 16.7. The summed E-state index contributed by atoms with van der Waals surface area (Å²) in [6.07, 6.45) is 3.05. The van der Waals surface area contributed by atoms with Crippen LogP contribution in [0.5, 0.6) is 11.5 Å². The van der Waals surface area contributed by atoms with Gasteiger partial charge in [0.05, 0.1) is 0 Å². The molecule has 1 spiro atoms. The van der Waals surface area contributed by atoms with Crippen LogP contribution in [0.2, 0.25) is 0 Å². The van der Waals surface area contributed by atoms with E-state index in [1.54, 1.807) is 6.07 Å². The number of nitrogens with two attached hydrogens (primary N) is 1. The Labute approximate surface area is 103 Å². The minimum Gasteiger partial charge on any atom is -0.448 e. The summed E-state index contributed by atoms with van der Waals surface area (Å²) in [7, 11) is 0. The summed E-state index contributed by atoms with van der Waals surface area (Å²) in [6.45, 7) is 0. The van der Waals surface area contributed by atoms with Crippen molar-refractivity contribution in [1.82, 2.24) is 5.16 Å². The molecule has 1 saturated carbocycles. The lowest BCUT2D eigenvalue weighted by Gasteiger charge is -2.35. The van der Waals surface area contributed by atoms with Gasteiger partial charge >= 0.3 is 0 Å². The molecule has 92 valence electrons. The van der Waals surface area contributed by atoms with Crippen LogP contribution in [0.3, 0.4) is 0 Å². The summed E-state index contributed by atoms with van der Waals surface area (Å²) < 4.78 is 16.8. The molecule has 18 heavy (non-hydrogen) atoms. The van der Waals surface area contributed by atoms with Gasteiger partial charge in [-0.15, -0.1) is 0 Å². The monoisotopic (exact) mass is 244 g/mol. The smallest absolute Gasteiger partial charge is 0.251 e. The lowest BCUT2D eigenvalue weighted by atomic mass is 9.91. The van der Waals surface area contributed by atoms with Gasteiger partial charge < -0.3 is 19.7 Å². The number of anilines is 1. The molecule has 0 unspecified atom stereocenters. The van der Waals surface area contributed by atoms with Gasteiger partial charge in [0.1, 0.15) is 0 Å². The first kappa shape index (κ1) is 9.82. The number of fused-ring (bicyclic) bond motifs is 1. The van der Waals surface area contributed by atoms with Crippen LogP contribution in [0, 0.1) is 0 Å². The third kappa shape index (κ3) is 1.30. The largest absolute Gasteiger partial charge is 0.448 e. The van der Waals surface area contributed by atoms with E-state index < -0.39 is 5.79 Å². The van der Waals surface area contributed by atoms with E-state index in [9.17, 15) is 0 Å². The first-order valence-electron chi connectivity index (χ1n) is 5.99. The predicted molar refractivity (Wildman–Crippen MR) is 64.2 cm³/mol. The highest BCUT2D eigenvalue weighted by molar-refractivity contribution is 5.65. The van der Waals surface area contributed by atoms with Gasteiger partial charge in [-0.3, -0.25) is 0 Å². The number of aromatic nitrogens is 1. The fourth-order valence-corrected chi connectivity index (χ4v) is 2.34. The molecule has 1 aliphatic heterocycles. The lowest BCUT2D eigenvalue weighted by Crippen LogP contribution is -2.45. The highest BCUT2D eigenvalue weighted by Crippen LogP contribution is 2.49. The summed E-state index contributed by atoms with van der Waals surface area (Å²) in [5.41, 5.74) is 6.43. The fourth-order valence-electron chi connectivity index (χ4n) is 2.34. The van der Waals surface area contributed by atoms with Crippen molar-refractivity contribution in [2.45, 2.75) is 25.0 Å². The molecular weight excluding hydrogens is 232 g/mol. The average Bonchev–Trinajstić information content (AvgIpc) is 2.90. The Balaban J connectivity index is 1.71. The third-order valence-corrected chi connectivity index (χ3v) is 3.46. The minimum absolute atomic E-state index is 0.373. The summed E-state index contributed by atoms with van der Waals surface area (Å²) >= 11 is 0. The first-order chi connectivity index (χ1) is 8.74. The number of benzene rings is 1. The zero-order chi connectivity index (χ0) is 12.2. The Morgan fingerprint density at radius 3 is 2.61 bits per heavy atom. The van der Waals surface area contributed by atoms with E-state index in [2.05, 4.69) is 5.16 Å². The molecule has 0 amide bonds. The molecule has 0 atom stereocenters. The van der Waals surface area contributed by atoms with E-state index in [4.69, 9.17) is 19.7 Å². The summed E-state index contributed by atoms with van der Waals surface area (Å²) in [4.78, 5) is 0. The van der Waals surface area contributed by atoms with Crippen LogP contribution in [0.1, 0.15) is 19.3 Å². The van der Waals surface area contributed by atoms with Crippen LogP contribution < -0.4 is 15.2 Å². The summed E-state index contributed by atoms with van der Waals surface area (Å²) in [5.74, 6) is 2.17. The first-order valence-corrected chi connectivity index (χ1v) is 5.99. The van der Waals surface area contributed by atoms with Crippen LogP contribution in [0.25, 0.3) is 11.3 Å². The molecule has 0 bridgehead atoms. The molecule has 1 fully saturated rings. The van der Waals surface area contributed by atoms with E-state index in [0.29, 0.717) is 11.6 Å². The number of hydrogen-bond acceptors (Lipinski definition) is 5. The molecule has 0 radical (unpaired) electrons. The zero-order valence-electron chi connectivity index (χ0n) is 9.68. The minimum atomic E-state index is -0.401. The maximum absolute atomic E-state index is 5.88. The van der Waals surface area contributed by atoms with Crippen molar-refractivity contribution < 1.29 is 14.0 Å². The highest BCUT2D eigenvalue weighted by Gasteiger charge is 2.47. The molecule has 2 aromatic rings. The Morgan fingerprint density at radius 2 is 1.94 bits per heavy atom. The van der Waals surface area contributed by atoms with E-state index >= 15 is 0 Å². The van der Waals surface area contributed by atoms with Crippen LogP contribution in [0.4, 0.5) is 5.82 Å². The van der Waals surface area contributed by atoms with Crippen molar-refractivity contribution in [3.8, 4) is 22.8 Å². The topological polar surface area (TPSA) is 70.5 Å². The van der Waals surface area contributed by atoms with E-state index in [0.717, 1.165) is 36.3 Å². The SMILES string of the molecule is Nc1cc(-c2ccc3c(c2)OC2(CCC2)O3)on1. The van der Waals surface area contributed by atoms with Crippen molar-refractivity contribution in [3.63, 3.8) is 0 Å². The van der Waals surface area contributed by atoms with Gasteiger partial charge in [0.25, 0.3) is 5.79 Å². The predicted octanol–water partition coefficient (Wildman–Crippen LogP) is 2.58. The molecule has 5 heteroatoms. The van der Waals surface area contributed by atoms with Gasteiger partial charge in [0.15, 0.2) is 23.1 Å². The number of ether oxygens (including phenoxy) is 2. The van der Waals surface area contributed by atoms with Crippen LogP contribution in [-0.2, 0) is 0 Å². The molecule has 5 nitrogen and oxygen atoms in total.